The van der Waals surface area contributed by atoms with Crippen LogP contribution in [0.15, 0.2) is 18.3 Å². The molecule has 1 fully saturated rings. The van der Waals surface area contributed by atoms with E-state index < -0.39 is 0 Å². The number of amides is 2. The Balaban J connectivity index is 1.75. The lowest BCUT2D eigenvalue weighted by atomic mass is 9.95. The molecule has 0 aromatic carbocycles. The van der Waals surface area contributed by atoms with Crippen LogP contribution in [0.5, 0.6) is 0 Å². The molecule has 1 saturated carbocycles. The van der Waals surface area contributed by atoms with Gasteiger partial charge in [-0.15, -0.1) is 0 Å². The van der Waals surface area contributed by atoms with Gasteiger partial charge in [0, 0.05) is 17.5 Å². The summed E-state index contributed by atoms with van der Waals surface area (Å²) in [6, 6.07) is 4.15. The number of thioether (sulfide) groups is 1. The van der Waals surface area contributed by atoms with E-state index in [0.717, 1.165) is 29.9 Å². The van der Waals surface area contributed by atoms with Crippen LogP contribution in [0.3, 0.4) is 0 Å². The molecule has 2 rings (SSSR count). The van der Waals surface area contributed by atoms with Gasteiger partial charge >= 0.3 is 6.03 Å². The van der Waals surface area contributed by atoms with Gasteiger partial charge in [0.05, 0.1) is 12.2 Å². The van der Waals surface area contributed by atoms with Crippen LogP contribution in [0.25, 0.3) is 0 Å². The highest BCUT2D eigenvalue weighted by molar-refractivity contribution is 7.99. The molecule has 0 aliphatic heterocycles. The predicted molar refractivity (Wildman–Crippen MR) is 88.5 cm³/mol. The molecule has 1 aliphatic rings. The van der Waals surface area contributed by atoms with E-state index in [0.29, 0.717) is 17.8 Å². The number of carbonyl (C=O) groups excluding carboxylic acids is 1. The number of nitrogens with zero attached hydrogens (tertiary/aromatic N) is 1. The van der Waals surface area contributed by atoms with Crippen molar-refractivity contribution in [1.29, 1.82) is 0 Å². The van der Waals surface area contributed by atoms with Crippen molar-refractivity contribution in [3.63, 3.8) is 0 Å². The van der Waals surface area contributed by atoms with Crippen molar-refractivity contribution in [1.82, 2.24) is 15.6 Å². The van der Waals surface area contributed by atoms with Crippen molar-refractivity contribution in [2.75, 3.05) is 5.75 Å². The van der Waals surface area contributed by atoms with Crippen molar-refractivity contribution < 1.29 is 4.79 Å². The van der Waals surface area contributed by atoms with Crippen LogP contribution in [-0.2, 0) is 6.54 Å². The van der Waals surface area contributed by atoms with Gasteiger partial charge < -0.3 is 10.6 Å². The maximum atomic E-state index is 12.0. The average molecular weight is 307 g/mol. The van der Waals surface area contributed by atoms with E-state index in [1.54, 1.807) is 6.20 Å². The molecule has 1 heterocycles. The number of hydrogen-bond acceptors (Lipinski definition) is 3. The summed E-state index contributed by atoms with van der Waals surface area (Å²) < 4.78 is 0. The number of rotatable bonds is 5. The molecular formula is C16H25N3OS. The Kier molecular flexibility index (Phi) is 6.36. The number of pyridine rings is 1. The van der Waals surface area contributed by atoms with Crippen LogP contribution >= 0.6 is 11.8 Å². The van der Waals surface area contributed by atoms with Gasteiger partial charge in [-0.3, -0.25) is 4.98 Å². The van der Waals surface area contributed by atoms with Crippen molar-refractivity contribution in [3.8, 4) is 0 Å². The molecule has 0 bridgehead atoms. The summed E-state index contributed by atoms with van der Waals surface area (Å²) in [4.78, 5) is 16.3. The highest BCUT2D eigenvalue weighted by Gasteiger charge is 2.23. The average Bonchev–Trinajstić information content (AvgIpc) is 2.47. The van der Waals surface area contributed by atoms with Gasteiger partial charge in [-0.05, 0) is 43.6 Å². The zero-order chi connectivity index (χ0) is 15.1. The summed E-state index contributed by atoms with van der Waals surface area (Å²) in [5.74, 6) is 1.16. The first kappa shape index (κ1) is 16.1. The minimum absolute atomic E-state index is 0.0767. The minimum Gasteiger partial charge on any atom is -0.335 e. The summed E-state index contributed by atoms with van der Waals surface area (Å²) in [6.07, 6.45) is 6.44. The van der Waals surface area contributed by atoms with Crippen molar-refractivity contribution in [2.45, 2.75) is 57.4 Å². The number of aryl methyl sites for hydroxylation is 1. The number of urea groups is 1. The van der Waals surface area contributed by atoms with Gasteiger partial charge in [-0.1, -0.05) is 19.4 Å². The maximum absolute atomic E-state index is 12.0. The van der Waals surface area contributed by atoms with Crippen LogP contribution in [0.2, 0.25) is 0 Å². The summed E-state index contributed by atoms with van der Waals surface area (Å²) in [7, 11) is 0. The minimum atomic E-state index is -0.0767. The third-order valence-corrected chi connectivity index (χ3v) is 5.13. The summed E-state index contributed by atoms with van der Waals surface area (Å²) in [5.41, 5.74) is 2.03. The fourth-order valence-electron chi connectivity index (χ4n) is 2.77. The largest absolute Gasteiger partial charge is 0.335 e. The highest BCUT2D eigenvalue weighted by Crippen LogP contribution is 2.28. The van der Waals surface area contributed by atoms with Crippen LogP contribution in [0.1, 0.15) is 43.9 Å². The summed E-state index contributed by atoms with van der Waals surface area (Å²) in [6.45, 7) is 4.69. The first-order valence-electron chi connectivity index (χ1n) is 7.75. The van der Waals surface area contributed by atoms with E-state index in [1.165, 1.54) is 12.8 Å². The van der Waals surface area contributed by atoms with E-state index >= 15 is 0 Å². The predicted octanol–water partition coefficient (Wildman–Crippen LogP) is 3.25. The monoisotopic (exact) mass is 307 g/mol. The smallest absolute Gasteiger partial charge is 0.315 e. The molecule has 0 saturated heterocycles. The van der Waals surface area contributed by atoms with Gasteiger partial charge in [0.2, 0.25) is 0 Å². The zero-order valence-electron chi connectivity index (χ0n) is 12.9. The number of hydrogen-bond donors (Lipinski definition) is 2. The Morgan fingerprint density at radius 3 is 3.10 bits per heavy atom. The van der Waals surface area contributed by atoms with Crippen LogP contribution in [-0.4, -0.2) is 28.1 Å². The molecule has 5 heteroatoms. The normalized spacial score (nSPS) is 21.8. The van der Waals surface area contributed by atoms with Gasteiger partial charge in [-0.2, -0.15) is 11.8 Å². The van der Waals surface area contributed by atoms with Crippen molar-refractivity contribution in [3.05, 3.63) is 29.6 Å². The van der Waals surface area contributed by atoms with Crippen molar-refractivity contribution >= 4 is 17.8 Å². The van der Waals surface area contributed by atoms with E-state index in [4.69, 9.17) is 0 Å². The number of aromatic nitrogens is 1. The molecule has 0 unspecified atom stereocenters. The molecule has 0 radical (unpaired) electrons. The lowest BCUT2D eigenvalue weighted by molar-refractivity contribution is 0.232. The lowest BCUT2D eigenvalue weighted by Crippen LogP contribution is -2.44. The fraction of sp³-hybridized carbons (Fsp3) is 0.625. The van der Waals surface area contributed by atoms with Crippen molar-refractivity contribution in [2.24, 2.45) is 0 Å². The van der Waals surface area contributed by atoms with Crippen LogP contribution < -0.4 is 10.6 Å². The third kappa shape index (κ3) is 5.23. The Labute approximate surface area is 131 Å². The lowest BCUT2D eigenvalue weighted by Gasteiger charge is -2.29. The maximum Gasteiger partial charge on any atom is 0.315 e. The number of nitrogens with one attached hydrogen (secondary N) is 2. The van der Waals surface area contributed by atoms with Gasteiger partial charge in [-0.25, -0.2) is 4.79 Å². The molecule has 0 spiro atoms. The van der Waals surface area contributed by atoms with E-state index in [2.05, 4.69) is 22.5 Å². The summed E-state index contributed by atoms with van der Waals surface area (Å²) >= 11 is 2.01. The Hall–Kier alpha value is -1.23. The molecule has 1 aromatic heterocycles. The Morgan fingerprint density at radius 1 is 1.48 bits per heavy atom. The second-order valence-corrected chi connectivity index (χ2v) is 7.11. The molecule has 2 N–H and O–H groups in total. The quantitative estimate of drug-likeness (QED) is 0.878. The Bertz CT molecular complexity index is 465. The molecule has 4 nitrogen and oxygen atoms in total. The molecule has 116 valence electrons. The zero-order valence-corrected chi connectivity index (χ0v) is 13.7. The van der Waals surface area contributed by atoms with Gasteiger partial charge in [0.1, 0.15) is 0 Å². The number of carbonyl (C=O) groups is 1. The third-order valence-electron chi connectivity index (χ3n) is 3.90. The van der Waals surface area contributed by atoms with Crippen LogP contribution in [0, 0.1) is 6.92 Å². The molecule has 1 aliphatic carbocycles. The topological polar surface area (TPSA) is 54.0 Å². The van der Waals surface area contributed by atoms with E-state index in [-0.39, 0.29) is 6.03 Å². The SMILES string of the molecule is CCS[C@H]1CCC[C@H](NC(=O)NCc2ncccc2C)C1. The first-order valence-corrected chi connectivity index (χ1v) is 8.80. The van der Waals surface area contributed by atoms with E-state index in [9.17, 15) is 4.79 Å². The molecular weight excluding hydrogens is 282 g/mol. The molecule has 2 amide bonds. The molecule has 2 atom stereocenters. The standard InChI is InChI=1S/C16H25N3OS/c1-3-21-14-8-4-7-13(10-14)19-16(20)18-11-15-12(2)6-5-9-17-15/h5-6,9,13-14H,3-4,7-8,10-11H2,1-2H3,(H2,18,19,20)/t13-,14-/m0/s1. The molecule has 1 aromatic rings. The second-order valence-electron chi connectivity index (χ2n) is 5.53. The van der Waals surface area contributed by atoms with Gasteiger partial charge in [0.15, 0.2) is 0 Å². The fourth-order valence-corrected chi connectivity index (χ4v) is 3.94. The molecule has 21 heavy (non-hydrogen) atoms. The van der Waals surface area contributed by atoms with Crippen LogP contribution in [0.4, 0.5) is 4.79 Å². The first-order chi connectivity index (χ1) is 10.2. The highest BCUT2D eigenvalue weighted by atomic mass is 32.2. The van der Waals surface area contributed by atoms with E-state index in [1.807, 2.05) is 30.8 Å². The summed E-state index contributed by atoms with van der Waals surface area (Å²) in [5, 5.41) is 6.72. The van der Waals surface area contributed by atoms with Gasteiger partial charge in [0.25, 0.3) is 0 Å². The Morgan fingerprint density at radius 2 is 2.33 bits per heavy atom. The second kappa shape index (κ2) is 8.27.